The number of nitro benzene ring substituents is 1. The van der Waals surface area contributed by atoms with Gasteiger partial charge in [-0.2, -0.15) is 0 Å². The Bertz CT molecular complexity index is 1350. The first-order chi connectivity index (χ1) is 19.0. The highest BCUT2D eigenvalue weighted by Gasteiger charge is 2.44. The van der Waals surface area contributed by atoms with Crippen LogP contribution in [0.5, 0.6) is 5.75 Å². The predicted octanol–water partition coefficient (Wildman–Crippen LogP) is 2.83. The minimum absolute atomic E-state index is 0.0125. The second-order valence-corrected chi connectivity index (χ2v) is 9.40. The highest BCUT2D eigenvalue weighted by Crippen LogP contribution is 2.43. The van der Waals surface area contributed by atoms with Gasteiger partial charge in [0, 0.05) is 35.5 Å². The Labute approximate surface area is 231 Å². The number of phenols is 1. The number of allylic oxidation sites excluding steroid dienone is 1. The van der Waals surface area contributed by atoms with Gasteiger partial charge < -0.3 is 24.8 Å². The lowest BCUT2D eigenvalue weighted by molar-refractivity contribution is -0.385. The van der Waals surface area contributed by atoms with E-state index in [-0.39, 0.29) is 53.6 Å². The first kappa shape index (κ1) is 30.0. The van der Waals surface area contributed by atoms with Crippen molar-refractivity contribution in [3.05, 3.63) is 81.0 Å². The van der Waals surface area contributed by atoms with Gasteiger partial charge in [0.1, 0.15) is 24.9 Å². The van der Waals surface area contributed by atoms with E-state index in [2.05, 4.69) is 10.3 Å². The number of ether oxygens (including phenoxy) is 2. The summed E-state index contributed by atoms with van der Waals surface area (Å²) in [5.41, 5.74) is 0.540. The maximum Gasteiger partial charge on any atom is 0.336 e. The average molecular weight is 553 g/mol. The number of nitrogens with one attached hydrogen (secondary N) is 1. The first-order valence-electron chi connectivity index (χ1n) is 12.6. The normalized spacial score (nSPS) is 16.8. The fraction of sp³-hybridized carbons (Fsp3) is 0.357. The molecule has 0 bridgehead atoms. The average Bonchev–Trinajstić information content (AvgIpc) is 2.90. The van der Waals surface area contributed by atoms with Crippen LogP contribution in [0.4, 0.5) is 5.69 Å². The van der Waals surface area contributed by atoms with E-state index in [1.807, 2.05) is 19.0 Å². The van der Waals surface area contributed by atoms with Crippen LogP contribution in [-0.4, -0.2) is 78.9 Å². The highest BCUT2D eigenvalue weighted by atomic mass is 16.6. The molecule has 2 aromatic rings. The van der Waals surface area contributed by atoms with Gasteiger partial charge in [-0.3, -0.25) is 24.7 Å². The molecule has 1 aliphatic rings. The fourth-order valence-corrected chi connectivity index (χ4v) is 4.43. The molecule has 1 amide bonds. The molecule has 2 unspecified atom stereocenters. The molecular formula is C28H32N4O8. The summed E-state index contributed by atoms with van der Waals surface area (Å²) >= 11 is 0. The van der Waals surface area contributed by atoms with E-state index in [1.54, 1.807) is 32.0 Å². The number of para-hydroxylation sites is 2. The molecule has 12 heteroatoms. The summed E-state index contributed by atoms with van der Waals surface area (Å²) in [6, 6.07) is 11.9. The number of rotatable bonds is 11. The first-order valence-corrected chi connectivity index (χ1v) is 12.6. The molecule has 2 N–H and O–H groups in total. The molecule has 0 radical (unpaired) electrons. The van der Waals surface area contributed by atoms with E-state index in [9.17, 15) is 29.6 Å². The summed E-state index contributed by atoms with van der Waals surface area (Å²) in [7, 11) is 3.64. The Kier molecular flexibility index (Phi) is 10.1. The molecule has 2 atom stereocenters. The Morgan fingerprint density at radius 1 is 1.05 bits per heavy atom. The SMILES string of the molecule is CC1=NC(C)=C(C(=O)OCCNC(=O)c2ccccc2O)C(c2ccccc2[N+](=O)[O-])C1C(=O)OCCN(C)C. The number of hydrogen-bond donors (Lipinski definition) is 2. The van der Waals surface area contributed by atoms with Gasteiger partial charge >= 0.3 is 11.9 Å². The largest absolute Gasteiger partial charge is 0.507 e. The van der Waals surface area contributed by atoms with Gasteiger partial charge in [0.15, 0.2) is 0 Å². The molecule has 0 aromatic heterocycles. The van der Waals surface area contributed by atoms with Crippen LogP contribution in [0.3, 0.4) is 0 Å². The smallest absolute Gasteiger partial charge is 0.336 e. The van der Waals surface area contributed by atoms with Crippen molar-refractivity contribution in [3.8, 4) is 5.75 Å². The van der Waals surface area contributed by atoms with Crippen molar-refractivity contribution in [2.24, 2.45) is 10.9 Å². The number of nitro groups is 1. The minimum atomic E-state index is -1.10. The maximum atomic E-state index is 13.4. The predicted molar refractivity (Wildman–Crippen MR) is 146 cm³/mol. The third-order valence-corrected chi connectivity index (χ3v) is 6.32. The zero-order valence-electron chi connectivity index (χ0n) is 22.7. The molecule has 40 heavy (non-hydrogen) atoms. The summed E-state index contributed by atoms with van der Waals surface area (Å²) in [6.07, 6.45) is 0. The number of carbonyl (C=O) groups is 3. The van der Waals surface area contributed by atoms with Crippen LogP contribution in [-0.2, 0) is 19.1 Å². The molecule has 0 saturated heterocycles. The number of aromatic hydroxyl groups is 1. The zero-order chi connectivity index (χ0) is 29.4. The maximum absolute atomic E-state index is 13.4. The number of amides is 1. The topological polar surface area (TPSA) is 161 Å². The quantitative estimate of drug-likeness (QED) is 0.185. The highest BCUT2D eigenvalue weighted by molar-refractivity contribution is 6.07. The van der Waals surface area contributed by atoms with Gasteiger partial charge in [-0.25, -0.2) is 4.79 Å². The standard InChI is InChI=1S/C28H32N4O8/c1-17-23(27(35)39-15-13-29-26(34)20-10-6-8-12-22(20)33)25(19-9-5-7-11-21(19)32(37)38)24(18(2)30-17)28(36)40-16-14-31(3)4/h5-12,24-25,33H,13-16H2,1-4H3,(H,29,34). The van der Waals surface area contributed by atoms with Crippen LogP contribution >= 0.6 is 0 Å². The number of aliphatic imine (C=N–C) groups is 1. The van der Waals surface area contributed by atoms with E-state index in [0.717, 1.165) is 0 Å². The van der Waals surface area contributed by atoms with Gasteiger partial charge in [-0.1, -0.05) is 30.3 Å². The molecule has 12 nitrogen and oxygen atoms in total. The number of carbonyl (C=O) groups excluding carboxylic acids is 3. The molecule has 0 saturated carbocycles. The second kappa shape index (κ2) is 13.5. The van der Waals surface area contributed by atoms with Crippen molar-refractivity contribution in [2.45, 2.75) is 19.8 Å². The monoisotopic (exact) mass is 552 g/mol. The molecule has 1 aliphatic heterocycles. The summed E-state index contributed by atoms with van der Waals surface area (Å²) in [5.74, 6) is -4.44. The Hall–Kier alpha value is -4.58. The van der Waals surface area contributed by atoms with Crippen LogP contribution < -0.4 is 5.32 Å². The Balaban J connectivity index is 1.87. The lowest BCUT2D eigenvalue weighted by Crippen LogP contribution is -2.38. The van der Waals surface area contributed by atoms with Gasteiger partial charge in [0.05, 0.1) is 22.6 Å². The number of hydrogen-bond acceptors (Lipinski definition) is 10. The van der Waals surface area contributed by atoms with Gasteiger partial charge in [-0.15, -0.1) is 0 Å². The van der Waals surface area contributed by atoms with E-state index in [4.69, 9.17) is 9.47 Å². The molecule has 3 rings (SSSR count). The van der Waals surface area contributed by atoms with E-state index >= 15 is 0 Å². The molecule has 0 aliphatic carbocycles. The lowest BCUT2D eigenvalue weighted by Gasteiger charge is -2.31. The van der Waals surface area contributed by atoms with Crippen LogP contribution in [0.25, 0.3) is 0 Å². The minimum Gasteiger partial charge on any atom is -0.507 e. The van der Waals surface area contributed by atoms with E-state index in [0.29, 0.717) is 12.3 Å². The Morgan fingerprint density at radius 2 is 1.73 bits per heavy atom. The number of esters is 2. The number of likely N-dealkylation sites (N-methyl/N-ethyl adjacent to an activating group) is 1. The number of nitrogens with zero attached hydrogens (tertiary/aromatic N) is 3. The molecule has 212 valence electrons. The van der Waals surface area contributed by atoms with Crippen LogP contribution in [0.2, 0.25) is 0 Å². The summed E-state index contributed by atoms with van der Waals surface area (Å²) in [5, 5.41) is 24.3. The van der Waals surface area contributed by atoms with E-state index in [1.165, 1.54) is 30.3 Å². The van der Waals surface area contributed by atoms with Crippen molar-refractivity contribution >= 4 is 29.2 Å². The Morgan fingerprint density at radius 3 is 2.40 bits per heavy atom. The summed E-state index contributed by atoms with van der Waals surface area (Å²) in [4.78, 5) is 56.6. The summed E-state index contributed by atoms with van der Waals surface area (Å²) in [6.45, 7) is 3.41. The lowest BCUT2D eigenvalue weighted by atomic mass is 9.75. The molecule has 0 spiro atoms. The van der Waals surface area contributed by atoms with Gasteiger partial charge in [0.2, 0.25) is 0 Å². The second-order valence-electron chi connectivity index (χ2n) is 9.40. The van der Waals surface area contributed by atoms with Crippen molar-refractivity contribution in [3.63, 3.8) is 0 Å². The molecular weight excluding hydrogens is 520 g/mol. The third kappa shape index (κ3) is 7.08. The van der Waals surface area contributed by atoms with Crippen LogP contribution in [0.15, 0.2) is 64.8 Å². The van der Waals surface area contributed by atoms with Gasteiger partial charge in [0.25, 0.3) is 11.6 Å². The number of phenolic OH excluding ortho intramolecular Hbond substituents is 1. The van der Waals surface area contributed by atoms with Crippen molar-refractivity contribution in [1.29, 1.82) is 0 Å². The van der Waals surface area contributed by atoms with E-state index < -0.39 is 34.6 Å². The van der Waals surface area contributed by atoms with Crippen molar-refractivity contribution < 1.29 is 33.9 Å². The third-order valence-electron chi connectivity index (χ3n) is 6.32. The van der Waals surface area contributed by atoms with Gasteiger partial charge in [-0.05, 0) is 40.1 Å². The molecule has 0 fully saturated rings. The molecule has 2 aromatic carbocycles. The van der Waals surface area contributed by atoms with Crippen molar-refractivity contribution in [1.82, 2.24) is 10.2 Å². The number of benzene rings is 2. The molecule has 1 heterocycles. The summed E-state index contributed by atoms with van der Waals surface area (Å²) < 4.78 is 10.9. The fourth-order valence-electron chi connectivity index (χ4n) is 4.43. The van der Waals surface area contributed by atoms with Crippen LogP contribution in [0, 0.1) is 16.0 Å². The van der Waals surface area contributed by atoms with Crippen molar-refractivity contribution in [2.75, 3.05) is 40.4 Å². The van der Waals surface area contributed by atoms with Crippen LogP contribution in [0.1, 0.15) is 35.7 Å². The zero-order valence-corrected chi connectivity index (χ0v) is 22.7.